The van der Waals surface area contributed by atoms with E-state index < -0.39 is 30.1 Å². The van der Waals surface area contributed by atoms with Crippen LogP contribution in [0.4, 0.5) is 36.8 Å². The van der Waals surface area contributed by atoms with E-state index in [9.17, 15) is 31.1 Å². The van der Waals surface area contributed by atoms with Crippen LogP contribution in [0.1, 0.15) is 50.7 Å². The highest BCUT2D eigenvalue weighted by molar-refractivity contribution is 5.68. The second-order valence-electron chi connectivity index (χ2n) is 10.7. The molecule has 1 aromatic rings. The number of alkyl halides is 6. The number of ether oxygens (including phenoxy) is 1. The molecule has 202 valence electrons. The van der Waals surface area contributed by atoms with Gasteiger partial charge in [0.25, 0.3) is 0 Å². The minimum absolute atomic E-state index is 0.0960. The molecule has 3 aliphatic heterocycles. The molecule has 0 saturated carbocycles. The summed E-state index contributed by atoms with van der Waals surface area (Å²) in [6, 6.07) is 4.33. The first kappa shape index (κ1) is 26.9. The number of halogens is 6. The largest absolute Gasteiger partial charge is 0.437 e. The average molecular weight is 522 g/mol. The lowest BCUT2D eigenvalue weighted by atomic mass is 9.78. The summed E-state index contributed by atoms with van der Waals surface area (Å²) in [7, 11) is 0. The van der Waals surface area contributed by atoms with Crippen LogP contribution in [0, 0.1) is 11.3 Å². The fourth-order valence-corrected chi connectivity index (χ4v) is 5.57. The zero-order chi connectivity index (χ0) is 26.3. The van der Waals surface area contributed by atoms with Crippen molar-refractivity contribution in [2.45, 2.75) is 64.5 Å². The maximum atomic E-state index is 13.6. The Bertz CT molecular complexity index is 943. The zero-order valence-electron chi connectivity index (χ0n) is 20.6. The van der Waals surface area contributed by atoms with Gasteiger partial charge in [-0.3, -0.25) is 4.90 Å². The van der Waals surface area contributed by atoms with Gasteiger partial charge in [-0.1, -0.05) is 6.92 Å². The quantitative estimate of drug-likeness (QED) is 0.461. The van der Waals surface area contributed by atoms with Crippen molar-refractivity contribution in [2.75, 3.05) is 44.2 Å². The van der Waals surface area contributed by atoms with E-state index >= 15 is 0 Å². The zero-order valence-corrected chi connectivity index (χ0v) is 20.6. The predicted molar refractivity (Wildman–Crippen MR) is 123 cm³/mol. The number of nitrogens with zero attached hydrogens (tertiary/aromatic N) is 3. The predicted octanol–water partition coefficient (Wildman–Crippen LogP) is 5.93. The second-order valence-corrected chi connectivity index (χ2v) is 10.7. The maximum Gasteiger partial charge on any atom is 0.425 e. The minimum atomic E-state index is -4.60. The summed E-state index contributed by atoms with van der Waals surface area (Å²) < 4.78 is 83.5. The average Bonchev–Trinajstić information content (AvgIpc) is 3.39. The van der Waals surface area contributed by atoms with Crippen molar-refractivity contribution in [1.29, 1.82) is 0 Å². The third-order valence-corrected chi connectivity index (χ3v) is 7.84. The van der Waals surface area contributed by atoms with Crippen molar-refractivity contribution < 1.29 is 35.9 Å². The Hall–Kier alpha value is -2.17. The number of rotatable bonds is 4. The van der Waals surface area contributed by atoms with Crippen LogP contribution in [0.15, 0.2) is 18.2 Å². The molecule has 3 heterocycles. The van der Waals surface area contributed by atoms with Gasteiger partial charge in [0.15, 0.2) is 6.10 Å². The smallest absolute Gasteiger partial charge is 0.425 e. The number of anilines is 1. The Labute approximate surface area is 207 Å². The van der Waals surface area contributed by atoms with Gasteiger partial charge in [0.05, 0.1) is 5.56 Å². The number of hydrogen-bond donors (Lipinski definition) is 0. The van der Waals surface area contributed by atoms with Gasteiger partial charge in [-0.25, -0.2) is 4.79 Å². The van der Waals surface area contributed by atoms with Crippen LogP contribution in [0.25, 0.3) is 0 Å². The molecule has 36 heavy (non-hydrogen) atoms. The van der Waals surface area contributed by atoms with Gasteiger partial charge in [-0.15, -0.1) is 0 Å². The first-order valence-electron chi connectivity index (χ1n) is 12.4. The van der Waals surface area contributed by atoms with E-state index in [0.29, 0.717) is 56.2 Å². The summed E-state index contributed by atoms with van der Waals surface area (Å²) in [5, 5.41) is 0. The molecule has 2 atom stereocenters. The molecule has 2 unspecified atom stereocenters. The van der Waals surface area contributed by atoms with E-state index in [4.69, 9.17) is 0 Å². The monoisotopic (exact) mass is 521 g/mol. The van der Waals surface area contributed by atoms with E-state index in [0.717, 1.165) is 39.4 Å². The summed E-state index contributed by atoms with van der Waals surface area (Å²) in [6.45, 7) is 6.81. The standard InChI is InChI=1S/C25H33F6N3O2/c1-17-3-7-34(14-17)21-12-19(11-20(13-21)25(29,30)31)15-32-8-4-23(16-32)5-9-33(10-6-23)22(35)36-18(2)24(26,27)28/h11-13,17-18H,3-10,14-16H2,1-2H3. The maximum absolute atomic E-state index is 13.6. The number of carbonyl (C=O) groups excluding carboxylic acids is 1. The van der Waals surface area contributed by atoms with Gasteiger partial charge in [0, 0.05) is 45.0 Å². The first-order chi connectivity index (χ1) is 16.7. The number of likely N-dealkylation sites (tertiary alicyclic amines) is 2. The fourth-order valence-electron chi connectivity index (χ4n) is 5.57. The minimum Gasteiger partial charge on any atom is -0.437 e. The second kappa shape index (κ2) is 9.95. The van der Waals surface area contributed by atoms with Gasteiger partial charge >= 0.3 is 18.4 Å². The van der Waals surface area contributed by atoms with Crippen LogP contribution < -0.4 is 4.90 Å². The number of benzene rings is 1. The highest BCUT2D eigenvalue weighted by Gasteiger charge is 2.44. The topological polar surface area (TPSA) is 36.0 Å². The number of carbonyl (C=O) groups is 1. The third-order valence-electron chi connectivity index (χ3n) is 7.84. The van der Waals surface area contributed by atoms with Crippen molar-refractivity contribution >= 4 is 11.8 Å². The van der Waals surface area contributed by atoms with E-state index in [2.05, 4.69) is 16.6 Å². The Balaban J connectivity index is 1.37. The summed E-state index contributed by atoms with van der Waals surface area (Å²) >= 11 is 0. The van der Waals surface area contributed by atoms with Crippen LogP contribution in [0.3, 0.4) is 0 Å². The molecule has 1 amide bonds. The third kappa shape index (κ3) is 6.20. The van der Waals surface area contributed by atoms with Crippen LogP contribution in [0.2, 0.25) is 0 Å². The molecular formula is C25H33F6N3O2. The van der Waals surface area contributed by atoms with Gasteiger partial charge in [0.2, 0.25) is 0 Å². The van der Waals surface area contributed by atoms with Crippen molar-refractivity contribution in [3.05, 3.63) is 29.3 Å². The van der Waals surface area contributed by atoms with Crippen LogP contribution in [-0.4, -0.2) is 67.4 Å². The highest BCUT2D eigenvalue weighted by atomic mass is 19.4. The van der Waals surface area contributed by atoms with E-state index in [1.807, 2.05) is 11.0 Å². The van der Waals surface area contributed by atoms with E-state index in [1.54, 1.807) is 0 Å². The van der Waals surface area contributed by atoms with Crippen LogP contribution >= 0.6 is 0 Å². The van der Waals surface area contributed by atoms with Crippen molar-refractivity contribution in [3.63, 3.8) is 0 Å². The van der Waals surface area contributed by atoms with Gasteiger partial charge in [-0.2, -0.15) is 26.3 Å². The number of amides is 1. The van der Waals surface area contributed by atoms with Crippen LogP contribution in [0.5, 0.6) is 0 Å². The molecule has 3 aliphatic rings. The molecule has 1 spiro atoms. The molecule has 3 saturated heterocycles. The summed E-state index contributed by atoms with van der Waals surface area (Å²) in [4.78, 5) is 17.6. The first-order valence-corrected chi connectivity index (χ1v) is 12.4. The molecule has 0 bridgehead atoms. The molecule has 3 fully saturated rings. The van der Waals surface area contributed by atoms with E-state index in [1.165, 1.54) is 17.0 Å². The summed E-state index contributed by atoms with van der Waals surface area (Å²) in [5.41, 5.74) is 0.501. The summed E-state index contributed by atoms with van der Waals surface area (Å²) in [6.07, 6.45) is -9.11. The van der Waals surface area contributed by atoms with Gasteiger partial charge in [0.1, 0.15) is 0 Å². The Kier molecular flexibility index (Phi) is 7.43. The molecule has 4 rings (SSSR count). The Morgan fingerprint density at radius 3 is 2.31 bits per heavy atom. The molecular weight excluding hydrogens is 488 g/mol. The van der Waals surface area contributed by atoms with E-state index in [-0.39, 0.29) is 5.41 Å². The highest BCUT2D eigenvalue weighted by Crippen LogP contribution is 2.42. The fraction of sp³-hybridized carbons (Fsp3) is 0.720. The lowest BCUT2D eigenvalue weighted by molar-refractivity contribution is -0.200. The lowest BCUT2D eigenvalue weighted by Crippen LogP contribution is -2.46. The summed E-state index contributed by atoms with van der Waals surface area (Å²) in [5.74, 6) is 0.446. The SMILES string of the molecule is CC1CCN(c2cc(CN3CCC4(CCN(C(=O)OC(C)C(F)(F)F)CC4)C3)cc(C(F)(F)F)c2)C1. The molecule has 0 aliphatic carbocycles. The molecule has 5 nitrogen and oxygen atoms in total. The molecule has 0 N–H and O–H groups in total. The van der Waals surface area contributed by atoms with Crippen molar-refractivity contribution in [3.8, 4) is 0 Å². The van der Waals surface area contributed by atoms with Gasteiger partial charge in [-0.05, 0) is 74.2 Å². The number of piperidine rings is 1. The Morgan fingerprint density at radius 2 is 1.72 bits per heavy atom. The van der Waals surface area contributed by atoms with Crippen LogP contribution in [-0.2, 0) is 17.5 Å². The van der Waals surface area contributed by atoms with Crippen molar-refractivity contribution in [1.82, 2.24) is 9.80 Å². The molecule has 11 heteroatoms. The van der Waals surface area contributed by atoms with Gasteiger partial charge < -0.3 is 14.5 Å². The normalized spacial score (nSPS) is 23.9. The molecule has 0 radical (unpaired) electrons. The lowest BCUT2D eigenvalue weighted by Gasteiger charge is -2.39. The molecule has 0 aromatic heterocycles. The Morgan fingerprint density at radius 1 is 1.06 bits per heavy atom. The number of hydrogen-bond acceptors (Lipinski definition) is 4. The van der Waals surface area contributed by atoms with Crippen molar-refractivity contribution in [2.24, 2.45) is 11.3 Å². The molecule has 1 aromatic carbocycles.